The van der Waals surface area contributed by atoms with Crippen molar-refractivity contribution in [3.05, 3.63) is 53.3 Å². The fourth-order valence-corrected chi connectivity index (χ4v) is 2.06. The number of aryl methyl sites for hydroxylation is 1. The van der Waals surface area contributed by atoms with Crippen LogP contribution in [-0.4, -0.2) is 28.8 Å². The third kappa shape index (κ3) is 3.93. The zero-order valence-corrected chi connectivity index (χ0v) is 11.7. The molecule has 5 nitrogen and oxygen atoms in total. The fraction of sp³-hybridized carbons (Fsp3) is 0.333. The van der Waals surface area contributed by atoms with Gasteiger partial charge in [-0.3, -0.25) is 9.48 Å². The zero-order chi connectivity index (χ0) is 14.4. The average Bonchev–Trinajstić information content (AvgIpc) is 2.85. The maximum absolute atomic E-state index is 12.0. The van der Waals surface area contributed by atoms with Crippen LogP contribution >= 0.6 is 0 Å². The van der Waals surface area contributed by atoms with E-state index in [4.69, 9.17) is 5.73 Å². The van der Waals surface area contributed by atoms with Gasteiger partial charge in [-0.1, -0.05) is 12.1 Å². The van der Waals surface area contributed by atoms with Gasteiger partial charge in [0, 0.05) is 25.4 Å². The predicted molar refractivity (Wildman–Crippen MR) is 78.4 cm³/mol. The topological polar surface area (TPSA) is 72.9 Å². The molecule has 0 saturated carbocycles. The maximum atomic E-state index is 12.0. The lowest BCUT2D eigenvalue weighted by molar-refractivity contribution is 0.0954. The Morgan fingerprint density at radius 1 is 1.35 bits per heavy atom. The van der Waals surface area contributed by atoms with Gasteiger partial charge in [0.2, 0.25) is 0 Å². The van der Waals surface area contributed by atoms with Gasteiger partial charge >= 0.3 is 0 Å². The van der Waals surface area contributed by atoms with E-state index in [1.165, 1.54) is 0 Å². The van der Waals surface area contributed by atoms with Gasteiger partial charge in [0.15, 0.2) is 0 Å². The summed E-state index contributed by atoms with van der Waals surface area (Å²) in [5.74, 6) is -0.0484. The van der Waals surface area contributed by atoms with Crippen LogP contribution in [0, 0.1) is 0 Å². The third-order valence-corrected chi connectivity index (χ3v) is 3.08. The minimum absolute atomic E-state index is 0.0484. The van der Waals surface area contributed by atoms with Crippen molar-refractivity contribution in [1.29, 1.82) is 0 Å². The van der Waals surface area contributed by atoms with Gasteiger partial charge in [-0.25, -0.2) is 0 Å². The SMILES string of the molecule is Cn1cc(CCNC(=O)c2cccc(CCN)c2)cn1. The van der Waals surface area contributed by atoms with E-state index in [0.717, 1.165) is 24.0 Å². The molecule has 106 valence electrons. The lowest BCUT2D eigenvalue weighted by Crippen LogP contribution is -2.25. The van der Waals surface area contributed by atoms with E-state index in [9.17, 15) is 4.79 Å². The molecule has 0 spiro atoms. The lowest BCUT2D eigenvalue weighted by atomic mass is 10.1. The van der Waals surface area contributed by atoms with Gasteiger partial charge in [0.1, 0.15) is 0 Å². The number of nitrogens with zero attached hydrogens (tertiary/aromatic N) is 2. The van der Waals surface area contributed by atoms with Crippen LogP contribution in [0.25, 0.3) is 0 Å². The highest BCUT2D eigenvalue weighted by molar-refractivity contribution is 5.94. The summed E-state index contributed by atoms with van der Waals surface area (Å²) in [7, 11) is 1.88. The van der Waals surface area contributed by atoms with Crippen LogP contribution in [0.15, 0.2) is 36.7 Å². The Labute approximate surface area is 118 Å². The summed E-state index contributed by atoms with van der Waals surface area (Å²) < 4.78 is 1.76. The molecule has 0 unspecified atom stereocenters. The molecular formula is C15H20N4O. The Kier molecular flexibility index (Phi) is 4.90. The molecule has 1 aromatic heterocycles. The standard InChI is InChI=1S/C15H20N4O/c1-19-11-13(10-18-19)6-8-17-15(20)14-4-2-3-12(9-14)5-7-16/h2-4,9-11H,5-8,16H2,1H3,(H,17,20). The number of amides is 1. The molecular weight excluding hydrogens is 252 g/mol. The van der Waals surface area contributed by atoms with E-state index < -0.39 is 0 Å². The number of nitrogens with one attached hydrogen (secondary N) is 1. The first kappa shape index (κ1) is 14.3. The van der Waals surface area contributed by atoms with Crippen LogP contribution in [0.1, 0.15) is 21.5 Å². The van der Waals surface area contributed by atoms with E-state index in [1.54, 1.807) is 4.68 Å². The smallest absolute Gasteiger partial charge is 0.251 e. The van der Waals surface area contributed by atoms with E-state index in [2.05, 4.69) is 10.4 Å². The van der Waals surface area contributed by atoms with Crippen LogP contribution in [0.3, 0.4) is 0 Å². The second-order valence-corrected chi connectivity index (χ2v) is 4.77. The second kappa shape index (κ2) is 6.86. The number of hydrogen-bond acceptors (Lipinski definition) is 3. The third-order valence-electron chi connectivity index (χ3n) is 3.08. The maximum Gasteiger partial charge on any atom is 0.251 e. The van der Waals surface area contributed by atoms with Crippen molar-refractivity contribution in [3.8, 4) is 0 Å². The van der Waals surface area contributed by atoms with E-state index in [1.807, 2.05) is 43.7 Å². The fourth-order valence-electron chi connectivity index (χ4n) is 2.06. The molecule has 1 heterocycles. The van der Waals surface area contributed by atoms with E-state index in [0.29, 0.717) is 18.7 Å². The largest absolute Gasteiger partial charge is 0.352 e. The molecule has 0 aliphatic rings. The van der Waals surface area contributed by atoms with Crippen molar-refractivity contribution in [2.75, 3.05) is 13.1 Å². The first-order valence-electron chi connectivity index (χ1n) is 6.74. The van der Waals surface area contributed by atoms with Crippen LogP contribution in [0.5, 0.6) is 0 Å². The minimum atomic E-state index is -0.0484. The van der Waals surface area contributed by atoms with Crippen LogP contribution in [-0.2, 0) is 19.9 Å². The molecule has 2 rings (SSSR count). The van der Waals surface area contributed by atoms with E-state index in [-0.39, 0.29) is 5.91 Å². The molecule has 0 radical (unpaired) electrons. The average molecular weight is 272 g/mol. The molecule has 0 atom stereocenters. The Balaban J connectivity index is 1.86. The Morgan fingerprint density at radius 2 is 2.20 bits per heavy atom. The first-order chi connectivity index (χ1) is 9.69. The van der Waals surface area contributed by atoms with Crippen molar-refractivity contribution in [2.24, 2.45) is 12.8 Å². The molecule has 0 aliphatic heterocycles. The summed E-state index contributed by atoms with van der Waals surface area (Å²) in [5.41, 5.74) is 8.41. The summed E-state index contributed by atoms with van der Waals surface area (Å²) in [6.07, 6.45) is 5.33. The van der Waals surface area contributed by atoms with Gasteiger partial charge in [-0.15, -0.1) is 0 Å². The summed E-state index contributed by atoms with van der Waals surface area (Å²) in [5, 5.41) is 7.02. The molecule has 1 amide bonds. The molecule has 5 heteroatoms. The number of carbonyl (C=O) groups excluding carboxylic acids is 1. The normalized spacial score (nSPS) is 10.5. The number of aromatic nitrogens is 2. The quantitative estimate of drug-likeness (QED) is 0.820. The van der Waals surface area contributed by atoms with Crippen molar-refractivity contribution >= 4 is 5.91 Å². The molecule has 20 heavy (non-hydrogen) atoms. The van der Waals surface area contributed by atoms with Crippen LogP contribution in [0.4, 0.5) is 0 Å². The van der Waals surface area contributed by atoms with Crippen LogP contribution < -0.4 is 11.1 Å². The second-order valence-electron chi connectivity index (χ2n) is 4.77. The monoisotopic (exact) mass is 272 g/mol. The molecule has 1 aromatic carbocycles. The van der Waals surface area contributed by atoms with E-state index >= 15 is 0 Å². The molecule has 0 saturated heterocycles. The number of carbonyl (C=O) groups is 1. The highest BCUT2D eigenvalue weighted by atomic mass is 16.1. The Hall–Kier alpha value is -2.14. The molecule has 0 fully saturated rings. The number of nitrogens with two attached hydrogens (primary N) is 1. The zero-order valence-electron chi connectivity index (χ0n) is 11.7. The summed E-state index contributed by atoms with van der Waals surface area (Å²) >= 11 is 0. The summed E-state index contributed by atoms with van der Waals surface area (Å²) in [6.45, 7) is 1.19. The van der Waals surface area contributed by atoms with Gasteiger partial charge < -0.3 is 11.1 Å². The molecule has 0 aliphatic carbocycles. The first-order valence-corrected chi connectivity index (χ1v) is 6.74. The Bertz CT molecular complexity index is 577. The lowest BCUT2D eigenvalue weighted by Gasteiger charge is -2.06. The van der Waals surface area contributed by atoms with Gasteiger partial charge in [0.25, 0.3) is 5.91 Å². The highest BCUT2D eigenvalue weighted by Gasteiger charge is 2.06. The highest BCUT2D eigenvalue weighted by Crippen LogP contribution is 2.06. The van der Waals surface area contributed by atoms with Gasteiger partial charge in [-0.2, -0.15) is 5.10 Å². The van der Waals surface area contributed by atoms with Crippen molar-refractivity contribution < 1.29 is 4.79 Å². The van der Waals surface area contributed by atoms with Crippen molar-refractivity contribution in [3.63, 3.8) is 0 Å². The van der Waals surface area contributed by atoms with Gasteiger partial charge in [0.05, 0.1) is 6.20 Å². The number of hydrogen-bond donors (Lipinski definition) is 2. The molecule has 3 N–H and O–H groups in total. The summed E-state index contributed by atoms with van der Waals surface area (Å²) in [4.78, 5) is 12.0. The molecule has 2 aromatic rings. The van der Waals surface area contributed by atoms with Crippen LogP contribution in [0.2, 0.25) is 0 Å². The van der Waals surface area contributed by atoms with Crippen molar-refractivity contribution in [1.82, 2.24) is 15.1 Å². The minimum Gasteiger partial charge on any atom is -0.352 e. The summed E-state index contributed by atoms with van der Waals surface area (Å²) in [6, 6.07) is 7.59. The van der Waals surface area contributed by atoms with Gasteiger partial charge in [-0.05, 0) is 42.6 Å². The Morgan fingerprint density at radius 3 is 2.90 bits per heavy atom. The number of benzene rings is 1. The van der Waals surface area contributed by atoms with Crippen molar-refractivity contribution in [2.45, 2.75) is 12.8 Å². The number of rotatable bonds is 6. The molecule has 0 bridgehead atoms. The predicted octanol–water partition coefficient (Wildman–Crippen LogP) is 0.894.